The molecule has 8 heteroatoms. The van der Waals surface area contributed by atoms with Crippen LogP contribution in [0.2, 0.25) is 0 Å². The fraction of sp³-hybridized carbons (Fsp3) is 0.406. The van der Waals surface area contributed by atoms with Crippen LogP contribution in [0.5, 0.6) is 0 Å². The lowest BCUT2D eigenvalue weighted by molar-refractivity contribution is 0.559. The van der Waals surface area contributed by atoms with Crippen LogP contribution in [-0.2, 0) is 23.3 Å². The Balaban J connectivity index is 1.64. The zero-order valence-electron chi connectivity index (χ0n) is 25.1. The van der Waals surface area contributed by atoms with Gasteiger partial charge in [-0.25, -0.2) is 9.97 Å². The SMILES string of the molecule is Cn1c(-c2cnc3cn[nH]c3c2C(C)(C)C)nc2c(C(C)(C)C)c(-c3cc4nccc(C(C)(C)C)c4o3)cnc21. The number of rotatable bonds is 2. The molecule has 0 bridgehead atoms. The third-order valence-electron chi connectivity index (χ3n) is 7.58. The average Bonchev–Trinajstić information content (AvgIpc) is 3.57. The van der Waals surface area contributed by atoms with E-state index < -0.39 is 0 Å². The van der Waals surface area contributed by atoms with E-state index >= 15 is 0 Å². The summed E-state index contributed by atoms with van der Waals surface area (Å²) in [5, 5.41) is 7.43. The molecule has 0 aliphatic heterocycles. The molecule has 8 nitrogen and oxygen atoms in total. The summed E-state index contributed by atoms with van der Waals surface area (Å²) in [6, 6.07) is 4.07. The Morgan fingerprint density at radius 2 is 1.48 bits per heavy atom. The number of nitrogens with one attached hydrogen (secondary N) is 1. The van der Waals surface area contributed by atoms with Crippen LogP contribution >= 0.6 is 0 Å². The topological polar surface area (TPSA) is 98.3 Å². The summed E-state index contributed by atoms with van der Waals surface area (Å²) >= 11 is 0. The first kappa shape index (κ1) is 26.2. The highest BCUT2D eigenvalue weighted by Crippen LogP contribution is 2.43. The summed E-state index contributed by atoms with van der Waals surface area (Å²) in [6.45, 7) is 19.8. The quantitative estimate of drug-likeness (QED) is 0.245. The van der Waals surface area contributed by atoms with Crippen molar-refractivity contribution in [2.75, 3.05) is 0 Å². The molecule has 0 aliphatic carbocycles. The van der Waals surface area contributed by atoms with Crippen LogP contribution in [-0.4, -0.2) is 34.7 Å². The third-order valence-corrected chi connectivity index (χ3v) is 7.58. The molecule has 0 atom stereocenters. The predicted molar refractivity (Wildman–Crippen MR) is 160 cm³/mol. The molecule has 206 valence electrons. The molecular weight excluding hydrogens is 498 g/mol. The molecule has 6 aromatic rings. The smallest absolute Gasteiger partial charge is 0.160 e. The van der Waals surface area contributed by atoms with Crippen molar-refractivity contribution < 1.29 is 4.42 Å². The largest absolute Gasteiger partial charge is 0.454 e. The highest BCUT2D eigenvalue weighted by Gasteiger charge is 2.31. The third kappa shape index (κ3) is 4.00. The van der Waals surface area contributed by atoms with E-state index in [0.717, 1.165) is 72.7 Å². The lowest BCUT2D eigenvalue weighted by Gasteiger charge is -2.23. The highest BCUT2D eigenvalue weighted by atomic mass is 16.3. The van der Waals surface area contributed by atoms with Crippen LogP contribution in [0, 0.1) is 0 Å². The number of H-pyrrole nitrogens is 1. The summed E-state index contributed by atoms with van der Waals surface area (Å²) in [7, 11) is 2.02. The number of aromatic amines is 1. The predicted octanol–water partition coefficient (Wildman–Crippen LogP) is 7.61. The molecule has 0 amide bonds. The molecule has 40 heavy (non-hydrogen) atoms. The number of hydrogen-bond donors (Lipinski definition) is 1. The van der Waals surface area contributed by atoms with Crippen LogP contribution in [0.25, 0.3) is 56.0 Å². The molecular formula is C32H37N7O. The van der Waals surface area contributed by atoms with Gasteiger partial charge in [0, 0.05) is 48.4 Å². The molecule has 6 aromatic heterocycles. The van der Waals surface area contributed by atoms with Crippen LogP contribution in [0.1, 0.15) is 79.0 Å². The first-order valence-electron chi connectivity index (χ1n) is 13.7. The van der Waals surface area contributed by atoms with Crippen molar-refractivity contribution in [1.82, 2.24) is 34.7 Å². The average molecular weight is 536 g/mol. The van der Waals surface area contributed by atoms with Gasteiger partial charge in [0.1, 0.15) is 28.1 Å². The Labute approximate surface area is 234 Å². The maximum atomic E-state index is 6.56. The Bertz CT molecular complexity index is 1920. The van der Waals surface area contributed by atoms with Gasteiger partial charge >= 0.3 is 0 Å². The zero-order chi connectivity index (χ0) is 28.8. The van der Waals surface area contributed by atoms with Crippen molar-refractivity contribution in [3.05, 3.63) is 53.6 Å². The molecule has 6 rings (SSSR count). The van der Waals surface area contributed by atoms with Gasteiger partial charge in [-0.2, -0.15) is 5.10 Å². The highest BCUT2D eigenvalue weighted by molar-refractivity contribution is 5.92. The number of aryl methyl sites for hydroxylation is 1. The van der Waals surface area contributed by atoms with E-state index in [4.69, 9.17) is 19.4 Å². The van der Waals surface area contributed by atoms with E-state index in [9.17, 15) is 0 Å². The number of hydrogen-bond acceptors (Lipinski definition) is 6. The first-order valence-corrected chi connectivity index (χ1v) is 13.7. The van der Waals surface area contributed by atoms with Crippen molar-refractivity contribution in [3.63, 3.8) is 0 Å². The fourth-order valence-electron chi connectivity index (χ4n) is 5.82. The number of imidazole rings is 1. The van der Waals surface area contributed by atoms with Crippen molar-refractivity contribution >= 4 is 33.3 Å². The molecule has 0 unspecified atom stereocenters. The molecule has 6 heterocycles. The van der Waals surface area contributed by atoms with Crippen molar-refractivity contribution in [1.29, 1.82) is 0 Å². The minimum absolute atomic E-state index is 0.0736. The molecule has 0 aliphatic rings. The molecule has 0 radical (unpaired) electrons. The fourth-order valence-corrected chi connectivity index (χ4v) is 5.82. The van der Waals surface area contributed by atoms with Crippen LogP contribution in [0.3, 0.4) is 0 Å². The maximum absolute atomic E-state index is 6.56. The van der Waals surface area contributed by atoms with Gasteiger partial charge in [-0.15, -0.1) is 0 Å². The minimum Gasteiger partial charge on any atom is -0.454 e. The molecule has 0 fully saturated rings. The number of furan rings is 1. The van der Waals surface area contributed by atoms with Crippen LogP contribution < -0.4 is 0 Å². The number of nitrogens with zero attached hydrogens (tertiary/aromatic N) is 6. The van der Waals surface area contributed by atoms with Crippen LogP contribution in [0.15, 0.2) is 41.3 Å². The van der Waals surface area contributed by atoms with Crippen molar-refractivity contribution in [2.45, 2.75) is 78.6 Å². The standard InChI is InChI=1S/C32H37N7O/c1-30(2,3)19-11-12-33-20-13-22(40-27(19)20)17-14-35-29-26(23(17)31(4,5)6)37-28(39(29)10)18-15-34-21-16-36-38-25(21)24(18)32(7,8)9/h11-16H,1-10H3,(H,36,38). The van der Waals surface area contributed by atoms with E-state index in [1.165, 1.54) is 0 Å². The summed E-state index contributed by atoms with van der Waals surface area (Å²) in [4.78, 5) is 19.5. The van der Waals surface area contributed by atoms with Gasteiger partial charge in [-0.1, -0.05) is 62.3 Å². The molecule has 0 saturated carbocycles. The van der Waals surface area contributed by atoms with Gasteiger partial charge in [0.2, 0.25) is 0 Å². The van der Waals surface area contributed by atoms with E-state index in [2.05, 4.69) is 82.1 Å². The molecule has 1 N–H and O–H groups in total. The second-order valence-electron chi connectivity index (χ2n) is 13.8. The summed E-state index contributed by atoms with van der Waals surface area (Å²) in [6.07, 6.45) is 7.46. The number of pyridine rings is 3. The van der Waals surface area contributed by atoms with Crippen molar-refractivity contribution in [3.8, 4) is 22.7 Å². The number of aromatic nitrogens is 7. The lowest BCUT2D eigenvalue weighted by atomic mass is 9.83. The van der Waals surface area contributed by atoms with E-state index in [1.54, 1.807) is 6.20 Å². The Morgan fingerprint density at radius 1 is 0.775 bits per heavy atom. The lowest BCUT2D eigenvalue weighted by Crippen LogP contribution is -2.15. The van der Waals surface area contributed by atoms with Gasteiger partial charge in [-0.05, 0) is 33.4 Å². The Hall–Kier alpha value is -4.07. The van der Waals surface area contributed by atoms with Gasteiger partial charge < -0.3 is 8.98 Å². The van der Waals surface area contributed by atoms with E-state index in [0.29, 0.717) is 0 Å². The Morgan fingerprint density at radius 3 is 2.15 bits per heavy atom. The van der Waals surface area contributed by atoms with Crippen molar-refractivity contribution in [2.24, 2.45) is 7.05 Å². The molecule has 0 spiro atoms. The van der Waals surface area contributed by atoms with Gasteiger partial charge in [0.05, 0.1) is 11.7 Å². The summed E-state index contributed by atoms with van der Waals surface area (Å²) in [5.41, 5.74) is 9.89. The van der Waals surface area contributed by atoms with Gasteiger partial charge in [-0.3, -0.25) is 15.1 Å². The van der Waals surface area contributed by atoms with Crippen LogP contribution in [0.4, 0.5) is 0 Å². The summed E-state index contributed by atoms with van der Waals surface area (Å²) in [5.74, 6) is 1.57. The first-order chi connectivity index (χ1) is 18.7. The van der Waals surface area contributed by atoms with E-state index in [-0.39, 0.29) is 16.2 Å². The second kappa shape index (κ2) is 8.46. The molecule has 0 saturated heterocycles. The summed E-state index contributed by atoms with van der Waals surface area (Å²) < 4.78 is 8.63. The Kier molecular flexibility index (Phi) is 5.54. The van der Waals surface area contributed by atoms with E-state index in [1.807, 2.05) is 37.8 Å². The number of fused-ring (bicyclic) bond motifs is 3. The van der Waals surface area contributed by atoms with Gasteiger partial charge in [0.15, 0.2) is 11.2 Å². The van der Waals surface area contributed by atoms with Gasteiger partial charge in [0.25, 0.3) is 0 Å². The monoisotopic (exact) mass is 535 g/mol. The second-order valence-corrected chi connectivity index (χ2v) is 13.8. The normalized spacial score (nSPS) is 13.2. The zero-order valence-corrected chi connectivity index (χ0v) is 25.1. The molecule has 0 aromatic carbocycles. The minimum atomic E-state index is -0.236. The maximum Gasteiger partial charge on any atom is 0.160 e.